The first-order valence-electron chi connectivity index (χ1n) is 8.48. The Morgan fingerprint density at radius 1 is 0.737 bits per heavy atom. The van der Waals surface area contributed by atoms with Crippen LogP contribution in [0.25, 0.3) is 0 Å². The Morgan fingerprint density at radius 3 is 1.63 bits per heavy atom. The summed E-state index contributed by atoms with van der Waals surface area (Å²) in [6, 6.07) is 0. The van der Waals surface area contributed by atoms with E-state index >= 15 is 0 Å². The van der Waals surface area contributed by atoms with Crippen molar-refractivity contribution in [2.75, 3.05) is 0 Å². The van der Waals surface area contributed by atoms with Gasteiger partial charge in [-0.3, -0.25) is 0 Å². The van der Waals surface area contributed by atoms with Crippen LogP contribution in [0.5, 0.6) is 0 Å². The van der Waals surface area contributed by atoms with Crippen LogP contribution in [-0.2, 0) is 0 Å². The Morgan fingerprint density at radius 2 is 1.26 bits per heavy atom. The largest absolute Gasteiger partial charge is 0.0676 e. The van der Waals surface area contributed by atoms with Gasteiger partial charge >= 0.3 is 0 Å². The van der Waals surface area contributed by atoms with E-state index in [1.54, 1.807) is 5.57 Å². The SMILES string of the molecule is CC(C)C1=C(C(C)C)C(C(C)C)(C(C)C)CCCC1. The third-order valence-electron chi connectivity index (χ3n) is 5.47. The average molecular weight is 264 g/mol. The van der Waals surface area contributed by atoms with Gasteiger partial charge in [-0.05, 0) is 48.3 Å². The summed E-state index contributed by atoms with van der Waals surface area (Å²) in [6.45, 7) is 19.4. The Balaban J connectivity index is 3.50. The molecule has 0 saturated carbocycles. The first-order valence-corrected chi connectivity index (χ1v) is 8.48. The molecule has 0 saturated heterocycles. The van der Waals surface area contributed by atoms with E-state index in [-0.39, 0.29) is 0 Å². The molecule has 0 fully saturated rings. The van der Waals surface area contributed by atoms with E-state index in [0.717, 1.165) is 11.8 Å². The van der Waals surface area contributed by atoms with Gasteiger partial charge in [-0.15, -0.1) is 0 Å². The summed E-state index contributed by atoms with van der Waals surface area (Å²) in [5, 5.41) is 0. The van der Waals surface area contributed by atoms with Crippen molar-refractivity contribution in [3.8, 4) is 0 Å². The fraction of sp³-hybridized carbons (Fsp3) is 0.895. The molecular formula is C19H36. The van der Waals surface area contributed by atoms with Crippen molar-refractivity contribution in [1.29, 1.82) is 0 Å². The lowest BCUT2D eigenvalue weighted by atomic mass is 9.58. The average Bonchev–Trinajstić information content (AvgIpc) is 2.48. The minimum Gasteiger partial charge on any atom is -0.0676 e. The molecule has 0 nitrogen and oxygen atoms in total. The van der Waals surface area contributed by atoms with Gasteiger partial charge in [-0.25, -0.2) is 0 Å². The Kier molecular flexibility index (Phi) is 5.71. The van der Waals surface area contributed by atoms with Crippen molar-refractivity contribution in [1.82, 2.24) is 0 Å². The molecule has 0 atom stereocenters. The van der Waals surface area contributed by atoms with E-state index in [1.165, 1.54) is 25.7 Å². The zero-order chi connectivity index (χ0) is 14.8. The summed E-state index contributed by atoms with van der Waals surface area (Å²) < 4.78 is 0. The van der Waals surface area contributed by atoms with Crippen LogP contribution in [0.1, 0.15) is 81.1 Å². The van der Waals surface area contributed by atoms with Crippen LogP contribution < -0.4 is 0 Å². The monoisotopic (exact) mass is 264 g/mol. The second kappa shape index (κ2) is 6.46. The summed E-state index contributed by atoms with van der Waals surface area (Å²) in [7, 11) is 0. The molecule has 0 aliphatic heterocycles. The second-order valence-corrected chi connectivity index (χ2v) is 7.81. The Bertz CT molecular complexity index is 307. The standard InChI is InChI=1S/C19H36/c1-13(2)17-11-9-10-12-19(15(5)6,16(7)8)18(17)14(3)4/h13-16H,9-12H2,1-8H3. The van der Waals surface area contributed by atoms with Gasteiger partial charge in [0, 0.05) is 0 Å². The van der Waals surface area contributed by atoms with Crippen LogP contribution in [0.4, 0.5) is 0 Å². The van der Waals surface area contributed by atoms with Crippen LogP contribution >= 0.6 is 0 Å². The number of rotatable bonds is 4. The van der Waals surface area contributed by atoms with Crippen LogP contribution in [0, 0.1) is 29.1 Å². The highest BCUT2D eigenvalue weighted by atomic mass is 14.5. The first kappa shape index (κ1) is 16.8. The van der Waals surface area contributed by atoms with Gasteiger partial charge in [-0.2, -0.15) is 0 Å². The van der Waals surface area contributed by atoms with Crippen molar-refractivity contribution in [2.45, 2.75) is 81.1 Å². The molecule has 0 amide bonds. The predicted molar refractivity (Wildman–Crippen MR) is 87.3 cm³/mol. The summed E-state index contributed by atoms with van der Waals surface area (Å²) in [5.41, 5.74) is 4.05. The predicted octanol–water partition coefficient (Wildman–Crippen LogP) is 6.47. The van der Waals surface area contributed by atoms with Crippen LogP contribution in [0.3, 0.4) is 0 Å². The van der Waals surface area contributed by atoms with Gasteiger partial charge in [-0.1, -0.05) is 73.0 Å². The molecule has 1 aliphatic carbocycles. The third-order valence-corrected chi connectivity index (χ3v) is 5.47. The number of allylic oxidation sites excluding steroid dienone is 2. The molecule has 1 rings (SSSR count). The summed E-state index contributed by atoms with van der Waals surface area (Å²) in [6.07, 6.45) is 5.53. The van der Waals surface area contributed by atoms with Crippen molar-refractivity contribution in [3.05, 3.63) is 11.1 Å². The van der Waals surface area contributed by atoms with Crippen LogP contribution in [0.2, 0.25) is 0 Å². The lowest BCUT2D eigenvalue weighted by molar-refractivity contribution is 0.131. The van der Waals surface area contributed by atoms with E-state index in [9.17, 15) is 0 Å². The Labute approximate surface area is 122 Å². The molecule has 0 aromatic heterocycles. The molecule has 0 heterocycles. The van der Waals surface area contributed by atoms with Crippen molar-refractivity contribution in [2.24, 2.45) is 29.1 Å². The lowest BCUT2D eigenvalue weighted by Crippen LogP contribution is -2.37. The van der Waals surface area contributed by atoms with Crippen molar-refractivity contribution in [3.63, 3.8) is 0 Å². The van der Waals surface area contributed by atoms with Gasteiger partial charge in [0.05, 0.1) is 0 Å². The molecule has 0 bridgehead atoms. The molecule has 0 aromatic carbocycles. The fourth-order valence-corrected chi connectivity index (χ4v) is 4.68. The van der Waals surface area contributed by atoms with Gasteiger partial charge in [0.15, 0.2) is 0 Å². The number of hydrogen-bond donors (Lipinski definition) is 0. The highest BCUT2D eigenvalue weighted by Gasteiger charge is 2.43. The van der Waals surface area contributed by atoms with E-state index < -0.39 is 0 Å². The quantitative estimate of drug-likeness (QED) is 0.511. The molecule has 0 unspecified atom stereocenters. The minimum atomic E-state index is 0.435. The molecular weight excluding hydrogens is 228 g/mol. The zero-order valence-electron chi connectivity index (χ0n) is 14.6. The second-order valence-electron chi connectivity index (χ2n) is 7.81. The van der Waals surface area contributed by atoms with Gasteiger partial charge in [0.2, 0.25) is 0 Å². The van der Waals surface area contributed by atoms with E-state index in [1.807, 2.05) is 5.57 Å². The minimum absolute atomic E-state index is 0.435. The maximum atomic E-state index is 2.45. The summed E-state index contributed by atoms with van der Waals surface area (Å²) in [5.74, 6) is 2.90. The molecule has 0 N–H and O–H groups in total. The lowest BCUT2D eigenvalue weighted by Gasteiger charge is -2.46. The van der Waals surface area contributed by atoms with Gasteiger partial charge < -0.3 is 0 Å². The highest BCUT2D eigenvalue weighted by Crippen LogP contribution is 2.53. The zero-order valence-corrected chi connectivity index (χ0v) is 14.6. The van der Waals surface area contributed by atoms with Crippen LogP contribution in [0.15, 0.2) is 11.1 Å². The molecule has 1 aliphatic rings. The van der Waals surface area contributed by atoms with E-state index in [2.05, 4.69) is 55.4 Å². The highest BCUT2D eigenvalue weighted by molar-refractivity contribution is 5.28. The van der Waals surface area contributed by atoms with Crippen LogP contribution in [-0.4, -0.2) is 0 Å². The van der Waals surface area contributed by atoms with Crippen molar-refractivity contribution >= 4 is 0 Å². The fourth-order valence-electron chi connectivity index (χ4n) is 4.68. The smallest absolute Gasteiger partial charge is 0.00368 e. The molecule has 0 aromatic rings. The summed E-state index contributed by atoms with van der Waals surface area (Å²) >= 11 is 0. The maximum absolute atomic E-state index is 2.45. The molecule has 0 radical (unpaired) electrons. The van der Waals surface area contributed by atoms with E-state index in [0.29, 0.717) is 17.3 Å². The van der Waals surface area contributed by atoms with Gasteiger partial charge in [0.25, 0.3) is 0 Å². The first-order chi connectivity index (χ1) is 8.75. The van der Waals surface area contributed by atoms with Crippen molar-refractivity contribution < 1.29 is 0 Å². The molecule has 19 heavy (non-hydrogen) atoms. The number of hydrogen-bond acceptors (Lipinski definition) is 0. The normalized spacial score (nSPS) is 20.8. The molecule has 0 heteroatoms. The van der Waals surface area contributed by atoms with Gasteiger partial charge in [0.1, 0.15) is 0 Å². The Hall–Kier alpha value is -0.260. The molecule has 112 valence electrons. The van der Waals surface area contributed by atoms with E-state index in [4.69, 9.17) is 0 Å². The topological polar surface area (TPSA) is 0 Å². The molecule has 0 spiro atoms. The maximum Gasteiger partial charge on any atom is -0.00368 e. The summed E-state index contributed by atoms with van der Waals surface area (Å²) in [4.78, 5) is 0. The third kappa shape index (κ3) is 3.09.